The molecule has 0 unspecified atom stereocenters. The average Bonchev–Trinajstić information content (AvgIpc) is 3.37. The van der Waals surface area contributed by atoms with E-state index in [0.29, 0.717) is 0 Å². The number of thiophene rings is 1. The second kappa shape index (κ2) is 10.2. The summed E-state index contributed by atoms with van der Waals surface area (Å²) in [6, 6.07) is 19.1. The van der Waals surface area contributed by atoms with Crippen molar-refractivity contribution in [2.45, 2.75) is 27.8 Å². The molecule has 4 rings (SSSR count). The van der Waals surface area contributed by atoms with E-state index in [1.165, 1.54) is 48.5 Å². The van der Waals surface area contributed by atoms with E-state index >= 15 is 0 Å². The number of nitrogens with one attached hydrogen (secondary N) is 3. The molecular formula is C24H23N3O6S4. The van der Waals surface area contributed by atoms with Crippen LogP contribution in [0, 0.1) is 13.8 Å². The summed E-state index contributed by atoms with van der Waals surface area (Å²) in [5, 5.41) is 1.61. The van der Waals surface area contributed by atoms with Crippen molar-refractivity contribution < 1.29 is 25.3 Å². The fourth-order valence-electron chi connectivity index (χ4n) is 3.25. The molecule has 1 aromatic heterocycles. The van der Waals surface area contributed by atoms with E-state index < -0.39 is 30.1 Å². The van der Waals surface area contributed by atoms with Gasteiger partial charge in [-0.05, 0) is 67.8 Å². The van der Waals surface area contributed by atoms with Gasteiger partial charge in [0.25, 0.3) is 30.1 Å². The van der Waals surface area contributed by atoms with Gasteiger partial charge in [0.15, 0.2) is 0 Å². The van der Waals surface area contributed by atoms with E-state index in [4.69, 9.17) is 0 Å². The minimum atomic E-state index is -4.14. The van der Waals surface area contributed by atoms with E-state index in [-0.39, 0.29) is 31.1 Å². The first-order valence-electron chi connectivity index (χ1n) is 10.8. The molecule has 3 aromatic carbocycles. The molecule has 0 saturated carbocycles. The lowest BCUT2D eigenvalue weighted by Crippen LogP contribution is -2.18. The summed E-state index contributed by atoms with van der Waals surface area (Å²) in [5.74, 6) is 0. The highest BCUT2D eigenvalue weighted by Gasteiger charge is 2.22. The first-order chi connectivity index (χ1) is 17.4. The van der Waals surface area contributed by atoms with Crippen molar-refractivity contribution in [3.8, 4) is 0 Å². The lowest BCUT2D eigenvalue weighted by atomic mass is 10.2. The van der Waals surface area contributed by atoms with Crippen LogP contribution in [0.25, 0.3) is 0 Å². The van der Waals surface area contributed by atoms with Gasteiger partial charge in [-0.2, -0.15) is 0 Å². The molecule has 0 radical (unpaired) electrons. The molecule has 0 aliphatic heterocycles. The summed E-state index contributed by atoms with van der Waals surface area (Å²) in [6.07, 6.45) is 0. The molecule has 9 nitrogen and oxygen atoms in total. The highest BCUT2D eigenvalue weighted by molar-refractivity contribution is 7.94. The van der Waals surface area contributed by atoms with Crippen LogP contribution in [0.3, 0.4) is 0 Å². The van der Waals surface area contributed by atoms with Gasteiger partial charge in [0.05, 0.1) is 26.9 Å². The molecule has 0 saturated heterocycles. The third-order valence-corrected chi connectivity index (χ3v) is 10.7. The lowest BCUT2D eigenvalue weighted by Gasteiger charge is -2.17. The number of benzene rings is 3. The molecule has 0 aliphatic rings. The topological polar surface area (TPSA) is 139 Å². The van der Waals surface area contributed by atoms with Crippen LogP contribution in [0.1, 0.15) is 11.1 Å². The van der Waals surface area contributed by atoms with Gasteiger partial charge in [-0.3, -0.25) is 14.2 Å². The van der Waals surface area contributed by atoms with Crippen LogP contribution in [-0.2, 0) is 30.1 Å². The molecule has 0 aliphatic carbocycles. The Morgan fingerprint density at radius 3 is 1.57 bits per heavy atom. The average molecular weight is 578 g/mol. The molecule has 0 spiro atoms. The van der Waals surface area contributed by atoms with E-state index in [1.807, 2.05) is 13.8 Å². The predicted molar refractivity (Wildman–Crippen MR) is 146 cm³/mol. The summed E-state index contributed by atoms with van der Waals surface area (Å²) in [5.41, 5.74) is 1.51. The van der Waals surface area contributed by atoms with E-state index in [0.717, 1.165) is 22.5 Å². The fraction of sp³-hybridized carbons (Fsp3) is 0.0833. The summed E-state index contributed by atoms with van der Waals surface area (Å²) >= 11 is 1.02. The third kappa shape index (κ3) is 6.31. The maximum atomic E-state index is 13.1. The van der Waals surface area contributed by atoms with E-state index in [9.17, 15) is 25.3 Å². The van der Waals surface area contributed by atoms with Crippen molar-refractivity contribution in [3.05, 3.63) is 95.4 Å². The number of hydrogen-bond acceptors (Lipinski definition) is 7. The Labute approximate surface area is 220 Å². The molecule has 0 fully saturated rings. The maximum absolute atomic E-state index is 13.1. The standard InChI is InChI=1S/C24H23N3O6S4/c1-17-5-10-20(11-6-17)35(28,29)26-22-14-9-19(25-37(32,33)24-4-3-15-34-24)16-23(22)27-36(30,31)21-12-7-18(2)8-13-21/h3-16,25-27H,1-2H3. The Bertz CT molecular complexity index is 1730. The quantitative estimate of drug-likeness (QED) is 0.262. The fourth-order valence-corrected chi connectivity index (χ4v) is 7.44. The maximum Gasteiger partial charge on any atom is 0.271 e. The zero-order valence-electron chi connectivity index (χ0n) is 19.7. The van der Waals surface area contributed by atoms with Crippen LogP contribution >= 0.6 is 11.3 Å². The molecule has 13 heteroatoms. The monoisotopic (exact) mass is 577 g/mol. The highest BCUT2D eigenvalue weighted by atomic mass is 32.2. The molecule has 4 aromatic rings. The van der Waals surface area contributed by atoms with Gasteiger partial charge < -0.3 is 0 Å². The van der Waals surface area contributed by atoms with Gasteiger partial charge in [-0.25, -0.2) is 25.3 Å². The van der Waals surface area contributed by atoms with Crippen molar-refractivity contribution in [2.24, 2.45) is 0 Å². The summed E-state index contributed by atoms with van der Waals surface area (Å²) < 4.78 is 84.8. The van der Waals surface area contributed by atoms with Gasteiger partial charge in [-0.15, -0.1) is 11.3 Å². The van der Waals surface area contributed by atoms with Crippen molar-refractivity contribution in [1.82, 2.24) is 0 Å². The first-order valence-corrected chi connectivity index (χ1v) is 16.1. The summed E-state index contributed by atoms with van der Waals surface area (Å²) in [6.45, 7) is 3.63. The number of rotatable bonds is 9. The smallest absolute Gasteiger partial charge is 0.271 e. The van der Waals surface area contributed by atoms with Gasteiger partial charge >= 0.3 is 0 Å². The largest absolute Gasteiger partial charge is 0.279 e. The summed E-state index contributed by atoms with van der Waals surface area (Å²) in [4.78, 5) is -0.0667. The van der Waals surface area contributed by atoms with Crippen LogP contribution in [0.5, 0.6) is 0 Å². The Morgan fingerprint density at radius 1 is 0.568 bits per heavy atom. The second-order valence-corrected chi connectivity index (χ2v) is 14.4. The van der Waals surface area contributed by atoms with Crippen molar-refractivity contribution in [3.63, 3.8) is 0 Å². The number of hydrogen-bond donors (Lipinski definition) is 3. The van der Waals surface area contributed by atoms with Crippen molar-refractivity contribution in [2.75, 3.05) is 14.2 Å². The molecule has 0 bridgehead atoms. The SMILES string of the molecule is Cc1ccc(S(=O)(=O)Nc2ccc(NS(=O)(=O)c3cccs3)cc2NS(=O)(=O)c2ccc(C)cc2)cc1. The van der Waals surface area contributed by atoms with Crippen LogP contribution in [0.2, 0.25) is 0 Å². The van der Waals surface area contributed by atoms with E-state index in [1.54, 1.807) is 35.7 Å². The molecular weight excluding hydrogens is 555 g/mol. The molecule has 0 atom stereocenters. The van der Waals surface area contributed by atoms with Gasteiger partial charge in [0.2, 0.25) is 0 Å². The zero-order valence-corrected chi connectivity index (χ0v) is 22.9. The Hall–Kier alpha value is -3.39. The van der Waals surface area contributed by atoms with Crippen LogP contribution in [0.4, 0.5) is 17.1 Å². The van der Waals surface area contributed by atoms with Gasteiger partial charge in [0, 0.05) is 0 Å². The predicted octanol–water partition coefficient (Wildman–Crippen LogP) is 4.77. The minimum Gasteiger partial charge on any atom is -0.279 e. The number of anilines is 3. The van der Waals surface area contributed by atoms with Crippen LogP contribution < -0.4 is 14.2 Å². The first kappa shape index (κ1) is 26.7. The minimum absolute atomic E-state index is 0.0204. The number of sulfonamides is 3. The molecule has 0 amide bonds. The van der Waals surface area contributed by atoms with Gasteiger partial charge in [-0.1, -0.05) is 41.5 Å². The van der Waals surface area contributed by atoms with Crippen molar-refractivity contribution >= 4 is 58.5 Å². The molecule has 37 heavy (non-hydrogen) atoms. The van der Waals surface area contributed by atoms with Crippen molar-refractivity contribution in [1.29, 1.82) is 0 Å². The van der Waals surface area contributed by atoms with Crippen LogP contribution in [0.15, 0.2) is 98.2 Å². The molecule has 1 heterocycles. The van der Waals surface area contributed by atoms with Gasteiger partial charge in [0.1, 0.15) is 4.21 Å². The summed E-state index contributed by atoms with van der Waals surface area (Å²) in [7, 11) is -12.2. The van der Waals surface area contributed by atoms with Crippen LogP contribution in [-0.4, -0.2) is 25.3 Å². The van der Waals surface area contributed by atoms with E-state index in [2.05, 4.69) is 14.2 Å². The Balaban J connectivity index is 1.74. The normalized spacial score (nSPS) is 12.2. The highest BCUT2D eigenvalue weighted by Crippen LogP contribution is 2.32. The Kier molecular flexibility index (Phi) is 7.33. The Morgan fingerprint density at radius 2 is 1.08 bits per heavy atom. The number of aryl methyl sites for hydroxylation is 2. The second-order valence-electron chi connectivity index (χ2n) is 8.14. The molecule has 194 valence electrons. The molecule has 3 N–H and O–H groups in total. The lowest BCUT2D eigenvalue weighted by molar-refractivity contribution is 0.599. The zero-order chi connectivity index (χ0) is 26.8. The third-order valence-electron chi connectivity index (χ3n) is 5.18.